The molecule has 0 radical (unpaired) electrons. The van der Waals surface area contributed by atoms with Gasteiger partial charge in [0.15, 0.2) is 23.9 Å². The molecule has 0 aliphatic carbocycles. The molecule has 194 valence electrons. The Morgan fingerprint density at radius 2 is 1.87 bits per heavy atom. The molecule has 4 aromatic rings. The van der Waals surface area contributed by atoms with E-state index in [4.69, 9.17) is 24.5 Å². The molecule has 1 aromatic heterocycles. The minimum absolute atomic E-state index is 0.0887. The van der Waals surface area contributed by atoms with Gasteiger partial charge >= 0.3 is 0 Å². The highest BCUT2D eigenvalue weighted by atomic mass is 16.5. The number of hydrogen-bond donors (Lipinski definition) is 0. The molecule has 1 heterocycles. The van der Waals surface area contributed by atoms with Crippen LogP contribution in [0.4, 0.5) is 0 Å². The summed E-state index contributed by atoms with van der Waals surface area (Å²) < 4.78 is 18.1. The third-order valence-corrected chi connectivity index (χ3v) is 6.08. The Hall–Kier alpha value is -4.64. The maximum Gasteiger partial charge on any atom is 0.282 e. The number of aromatic nitrogens is 2. The summed E-state index contributed by atoms with van der Waals surface area (Å²) in [6.07, 6.45) is 1.58. The summed E-state index contributed by atoms with van der Waals surface area (Å²) in [6, 6.07) is 18.4. The fourth-order valence-corrected chi connectivity index (χ4v) is 4.20. The third kappa shape index (κ3) is 5.37. The SMILES string of the molecule is CCOc1cc(C=Nn2c(-c3cc(C(C)C)c(OC)cc3C)nc3ccccc3c2=O)ccc1OCC#N. The third-order valence-electron chi connectivity index (χ3n) is 6.08. The molecule has 0 N–H and O–H groups in total. The number of ether oxygens (including phenoxy) is 3. The molecule has 0 aliphatic heterocycles. The van der Waals surface area contributed by atoms with Crippen molar-refractivity contribution in [2.75, 3.05) is 20.3 Å². The van der Waals surface area contributed by atoms with Gasteiger partial charge in [-0.15, -0.1) is 0 Å². The van der Waals surface area contributed by atoms with E-state index in [1.54, 1.807) is 37.6 Å². The molecule has 8 nitrogen and oxygen atoms in total. The van der Waals surface area contributed by atoms with Crippen LogP contribution in [0.5, 0.6) is 17.2 Å². The number of rotatable bonds is 9. The monoisotopic (exact) mass is 510 g/mol. The van der Waals surface area contributed by atoms with Crippen molar-refractivity contribution in [1.29, 1.82) is 5.26 Å². The molecular formula is C30H30N4O4. The summed E-state index contributed by atoms with van der Waals surface area (Å²) in [5, 5.41) is 13.9. The molecule has 0 bridgehead atoms. The second-order valence-corrected chi connectivity index (χ2v) is 8.96. The standard InChI is InChI=1S/C30H30N4O4/c1-6-37-28-16-21(11-12-26(28)38-14-13-31)18-32-34-29(33-25-10-8-7-9-22(25)30(34)35)24-17-23(19(2)3)27(36-5)15-20(24)4/h7-12,15-19H,6,14H2,1-5H3. The molecule has 3 aromatic carbocycles. The Morgan fingerprint density at radius 3 is 2.58 bits per heavy atom. The van der Waals surface area contributed by atoms with Gasteiger partial charge in [0.1, 0.15) is 11.8 Å². The molecule has 0 spiro atoms. The van der Waals surface area contributed by atoms with Crippen LogP contribution in [0, 0.1) is 18.3 Å². The molecule has 0 aliphatic rings. The lowest BCUT2D eigenvalue weighted by molar-refractivity contribution is 0.298. The van der Waals surface area contributed by atoms with Gasteiger partial charge in [-0.25, -0.2) is 4.98 Å². The Morgan fingerprint density at radius 1 is 1.08 bits per heavy atom. The van der Waals surface area contributed by atoms with Crippen LogP contribution in [0.2, 0.25) is 0 Å². The van der Waals surface area contributed by atoms with Crippen molar-refractivity contribution in [3.8, 4) is 34.7 Å². The molecule has 0 saturated heterocycles. The molecule has 0 atom stereocenters. The molecule has 0 fully saturated rings. The first-order valence-corrected chi connectivity index (χ1v) is 12.4. The number of methoxy groups -OCH3 is 1. The predicted molar refractivity (Wildman–Crippen MR) is 149 cm³/mol. The Balaban J connectivity index is 1.89. The van der Waals surface area contributed by atoms with E-state index in [1.807, 2.05) is 50.2 Å². The van der Waals surface area contributed by atoms with Crippen molar-refractivity contribution in [3.63, 3.8) is 0 Å². The van der Waals surface area contributed by atoms with Gasteiger partial charge in [0.25, 0.3) is 5.56 Å². The Kier molecular flexibility index (Phi) is 8.07. The predicted octanol–water partition coefficient (Wildman–Crippen LogP) is 5.69. The van der Waals surface area contributed by atoms with Gasteiger partial charge in [0.2, 0.25) is 0 Å². The summed E-state index contributed by atoms with van der Waals surface area (Å²) in [4.78, 5) is 18.5. The van der Waals surface area contributed by atoms with E-state index >= 15 is 0 Å². The highest BCUT2D eigenvalue weighted by Crippen LogP contribution is 2.34. The number of nitriles is 1. The van der Waals surface area contributed by atoms with Crippen molar-refractivity contribution in [1.82, 2.24) is 9.66 Å². The minimum atomic E-state index is -0.276. The van der Waals surface area contributed by atoms with E-state index in [-0.39, 0.29) is 18.1 Å². The van der Waals surface area contributed by atoms with Crippen LogP contribution >= 0.6 is 0 Å². The zero-order chi connectivity index (χ0) is 27.2. The van der Waals surface area contributed by atoms with Crippen molar-refractivity contribution in [2.45, 2.75) is 33.6 Å². The van der Waals surface area contributed by atoms with Crippen LogP contribution in [0.1, 0.15) is 43.4 Å². The van der Waals surface area contributed by atoms with E-state index in [2.05, 4.69) is 18.9 Å². The average molecular weight is 511 g/mol. The first kappa shape index (κ1) is 26.4. The van der Waals surface area contributed by atoms with E-state index < -0.39 is 0 Å². The highest BCUT2D eigenvalue weighted by Gasteiger charge is 2.18. The topological polar surface area (TPSA) is 98.7 Å². The maximum atomic E-state index is 13.6. The quantitative estimate of drug-likeness (QED) is 0.268. The van der Waals surface area contributed by atoms with Crippen LogP contribution in [0.25, 0.3) is 22.3 Å². The lowest BCUT2D eigenvalue weighted by Gasteiger charge is -2.17. The number of para-hydroxylation sites is 1. The summed E-state index contributed by atoms with van der Waals surface area (Å²) in [5.74, 6) is 2.38. The van der Waals surface area contributed by atoms with Crippen LogP contribution in [0.3, 0.4) is 0 Å². The Labute approximate surface area is 221 Å². The summed E-state index contributed by atoms with van der Waals surface area (Å²) in [7, 11) is 1.65. The van der Waals surface area contributed by atoms with Crippen molar-refractivity contribution < 1.29 is 14.2 Å². The number of aryl methyl sites for hydroxylation is 1. The van der Waals surface area contributed by atoms with Gasteiger partial charge < -0.3 is 14.2 Å². The normalized spacial score (nSPS) is 11.2. The molecule has 8 heteroatoms. The lowest BCUT2D eigenvalue weighted by Crippen LogP contribution is -2.20. The number of nitrogens with zero attached hydrogens (tertiary/aromatic N) is 4. The van der Waals surface area contributed by atoms with Gasteiger partial charge in [-0.05, 0) is 78.9 Å². The van der Waals surface area contributed by atoms with Crippen LogP contribution < -0.4 is 19.8 Å². The molecular weight excluding hydrogens is 480 g/mol. The van der Waals surface area contributed by atoms with E-state index in [0.29, 0.717) is 40.4 Å². The van der Waals surface area contributed by atoms with Gasteiger partial charge in [0, 0.05) is 5.56 Å². The van der Waals surface area contributed by atoms with Gasteiger partial charge in [0.05, 0.1) is 30.8 Å². The average Bonchev–Trinajstić information content (AvgIpc) is 2.91. The molecule has 0 saturated carbocycles. The van der Waals surface area contributed by atoms with Crippen LogP contribution in [-0.4, -0.2) is 36.2 Å². The molecule has 0 unspecified atom stereocenters. The lowest BCUT2D eigenvalue weighted by atomic mass is 9.96. The number of benzene rings is 3. The molecule has 4 rings (SSSR count). The van der Waals surface area contributed by atoms with Crippen molar-refractivity contribution >= 4 is 17.1 Å². The van der Waals surface area contributed by atoms with E-state index in [0.717, 1.165) is 22.4 Å². The largest absolute Gasteiger partial charge is 0.496 e. The summed E-state index contributed by atoms with van der Waals surface area (Å²) in [6.45, 7) is 8.35. The maximum absolute atomic E-state index is 13.6. The first-order chi connectivity index (χ1) is 18.4. The van der Waals surface area contributed by atoms with Gasteiger partial charge in [-0.3, -0.25) is 4.79 Å². The van der Waals surface area contributed by atoms with Crippen LogP contribution in [-0.2, 0) is 0 Å². The van der Waals surface area contributed by atoms with Crippen molar-refractivity contribution in [2.24, 2.45) is 5.10 Å². The van der Waals surface area contributed by atoms with E-state index in [9.17, 15) is 4.79 Å². The Bertz CT molecular complexity index is 1600. The van der Waals surface area contributed by atoms with Gasteiger partial charge in [-0.1, -0.05) is 26.0 Å². The minimum Gasteiger partial charge on any atom is -0.496 e. The second-order valence-electron chi connectivity index (χ2n) is 8.96. The smallest absolute Gasteiger partial charge is 0.282 e. The number of hydrogen-bond acceptors (Lipinski definition) is 7. The zero-order valence-electron chi connectivity index (χ0n) is 22.2. The molecule has 0 amide bonds. The first-order valence-electron chi connectivity index (χ1n) is 12.4. The van der Waals surface area contributed by atoms with Crippen LogP contribution in [0.15, 0.2) is 64.5 Å². The zero-order valence-corrected chi connectivity index (χ0v) is 22.2. The van der Waals surface area contributed by atoms with Crippen molar-refractivity contribution in [3.05, 3.63) is 81.6 Å². The summed E-state index contributed by atoms with van der Waals surface area (Å²) >= 11 is 0. The molecule has 38 heavy (non-hydrogen) atoms. The fraction of sp³-hybridized carbons (Fsp3) is 0.267. The van der Waals surface area contributed by atoms with Gasteiger partial charge in [-0.2, -0.15) is 15.0 Å². The summed E-state index contributed by atoms with van der Waals surface area (Å²) in [5.41, 5.74) is 3.73. The van der Waals surface area contributed by atoms with E-state index in [1.165, 1.54) is 4.68 Å². The highest BCUT2D eigenvalue weighted by molar-refractivity contribution is 5.83. The number of fused-ring (bicyclic) bond motifs is 1. The fourth-order valence-electron chi connectivity index (χ4n) is 4.20. The second kappa shape index (κ2) is 11.6.